The van der Waals surface area contributed by atoms with Gasteiger partial charge < -0.3 is 27.4 Å². The summed E-state index contributed by atoms with van der Waals surface area (Å²) in [7, 11) is 0. The quantitative estimate of drug-likeness (QED) is 0.0415. The van der Waals surface area contributed by atoms with E-state index in [-0.39, 0.29) is 36.5 Å². The van der Waals surface area contributed by atoms with E-state index in [1.165, 1.54) is 69.8 Å². The van der Waals surface area contributed by atoms with E-state index in [1.54, 1.807) is 4.90 Å². The number of hydrogen-bond donors (Lipinski definition) is 4. The van der Waals surface area contributed by atoms with Crippen LogP contribution in [0.3, 0.4) is 0 Å². The number of aliphatic imine (C=N–C) groups is 1. The fourth-order valence-corrected chi connectivity index (χ4v) is 6.88. The Labute approximate surface area is 307 Å². The lowest BCUT2D eigenvalue weighted by Crippen LogP contribution is -2.48. The minimum Gasteiger partial charge on any atom is -0.370 e. The van der Waals surface area contributed by atoms with Crippen LogP contribution in [0.15, 0.2) is 35.3 Å². The third-order valence-electron chi connectivity index (χ3n) is 9.75. The number of ketones is 1. The van der Waals surface area contributed by atoms with Gasteiger partial charge in [-0.25, -0.2) is 0 Å². The monoisotopic (exact) mass is 709 g/mol. The Morgan fingerprint density at radius 3 is 2.04 bits per heavy atom. The molecule has 0 bridgehead atoms. The first-order valence-electron chi connectivity index (χ1n) is 19.7. The number of nitrogens with one attached hydrogen (secondary N) is 1. The number of nitrogens with zero attached hydrogens (tertiary/aromatic N) is 2. The molecule has 7 N–H and O–H groups in total. The first-order valence-corrected chi connectivity index (χ1v) is 19.7. The number of carbonyl (C=O) groups is 4. The average molecular weight is 709 g/mol. The van der Waals surface area contributed by atoms with E-state index in [9.17, 15) is 19.2 Å². The van der Waals surface area contributed by atoms with Crippen molar-refractivity contribution in [1.29, 1.82) is 0 Å². The molecule has 0 spiro atoms. The SMILES string of the molecule is CCCCCCCCCCCCCCCC(=O)N(CC(=O)N[C@@H](CCCN=C(N)N)C(=O)C[C@@H](CC(C)C)C(N)=O)CC1=CCc2ccccc21. The van der Waals surface area contributed by atoms with Crippen molar-refractivity contribution in [2.75, 3.05) is 19.6 Å². The maximum Gasteiger partial charge on any atom is 0.240 e. The molecule has 0 heterocycles. The highest BCUT2D eigenvalue weighted by Crippen LogP contribution is 2.28. The molecule has 286 valence electrons. The van der Waals surface area contributed by atoms with E-state index >= 15 is 0 Å². The van der Waals surface area contributed by atoms with Crippen LogP contribution >= 0.6 is 0 Å². The van der Waals surface area contributed by atoms with E-state index in [0.717, 1.165) is 36.8 Å². The second kappa shape index (κ2) is 25.3. The topological polar surface area (TPSA) is 174 Å². The fraction of sp³-hybridized carbons (Fsp3) is 0.683. The number of fused-ring (bicyclic) bond motifs is 1. The van der Waals surface area contributed by atoms with Gasteiger partial charge in [0.2, 0.25) is 17.7 Å². The Morgan fingerprint density at radius 1 is 0.843 bits per heavy atom. The molecular weight excluding hydrogens is 640 g/mol. The van der Waals surface area contributed by atoms with Gasteiger partial charge in [-0.15, -0.1) is 0 Å². The number of unbranched alkanes of at least 4 members (excludes halogenated alkanes) is 12. The third-order valence-corrected chi connectivity index (χ3v) is 9.75. The summed E-state index contributed by atoms with van der Waals surface area (Å²) in [6, 6.07) is 7.28. The molecule has 0 radical (unpaired) electrons. The molecule has 0 saturated heterocycles. The van der Waals surface area contributed by atoms with Crippen LogP contribution in [0.2, 0.25) is 0 Å². The predicted molar refractivity (Wildman–Crippen MR) is 209 cm³/mol. The normalized spacial score (nSPS) is 13.3. The van der Waals surface area contributed by atoms with Gasteiger partial charge in [-0.2, -0.15) is 0 Å². The van der Waals surface area contributed by atoms with Crippen LogP contribution < -0.4 is 22.5 Å². The highest BCUT2D eigenvalue weighted by molar-refractivity contribution is 5.93. The van der Waals surface area contributed by atoms with Crippen LogP contribution in [0.1, 0.15) is 147 Å². The van der Waals surface area contributed by atoms with E-state index in [1.807, 2.05) is 26.0 Å². The van der Waals surface area contributed by atoms with Gasteiger partial charge >= 0.3 is 0 Å². The Morgan fingerprint density at radius 2 is 1.45 bits per heavy atom. The maximum atomic E-state index is 13.7. The summed E-state index contributed by atoms with van der Waals surface area (Å²) in [5.74, 6) is -1.78. The van der Waals surface area contributed by atoms with Gasteiger partial charge in [-0.3, -0.25) is 24.2 Å². The van der Waals surface area contributed by atoms with Crippen LogP contribution in [0.5, 0.6) is 0 Å². The van der Waals surface area contributed by atoms with Gasteiger partial charge in [0.1, 0.15) is 0 Å². The highest BCUT2D eigenvalue weighted by atomic mass is 16.2. The van der Waals surface area contributed by atoms with Gasteiger partial charge in [-0.05, 0) is 54.7 Å². The lowest BCUT2D eigenvalue weighted by Gasteiger charge is -2.26. The standard InChI is InChI=1S/C41H68N6O4/c1-4-5-6-7-8-9-10-11-12-13-14-15-16-23-39(50)47(29-33-25-24-32-20-17-18-21-35(32)33)30-38(49)46-36(22-19-26-45-41(43)44)37(48)28-34(40(42)51)27-31(2)3/h17-18,20-21,25,31,34,36H,4-16,19,22-24,26-30H2,1-3H3,(H2,42,51)(H,46,49)(H4,43,44,45)/t34-,36+/m1/s1. The molecule has 2 rings (SSSR count). The number of primary amides is 1. The number of benzene rings is 1. The number of hydrogen-bond acceptors (Lipinski definition) is 5. The summed E-state index contributed by atoms with van der Waals surface area (Å²) in [5, 5.41) is 2.88. The van der Waals surface area contributed by atoms with Crippen LogP contribution in [0.25, 0.3) is 5.57 Å². The second-order valence-electron chi connectivity index (χ2n) is 14.8. The lowest BCUT2D eigenvalue weighted by molar-refractivity contribution is -0.136. The zero-order chi connectivity index (χ0) is 37.4. The molecule has 2 atom stereocenters. The molecule has 3 amide bonds. The molecule has 0 aromatic heterocycles. The number of nitrogens with two attached hydrogens (primary N) is 3. The first kappa shape index (κ1) is 43.5. The molecule has 0 unspecified atom stereocenters. The van der Waals surface area contributed by atoms with Crippen molar-refractivity contribution in [3.63, 3.8) is 0 Å². The molecule has 0 saturated carbocycles. The van der Waals surface area contributed by atoms with Gasteiger partial charge in [0.15, 0.2) is 11.7 Å². The van der Waals surface area contributed by atoms with E-state index in [2.05, 4.69) is 35.4 Å². The molecule has 1 aromatic rings. The van der Waals surface area contributed by atoms with Crippen LogP contribution in [0, 0.1) is 11.8 Å². The zero-order valence-corrected chi connectivity index (χ0v) is 31.9. The smallest absolute Gasteiger partial charge is 0.240 e. The molecule has 51 heavy (non-hydrogen) atoms. The first-order chi connectivity index (χ1) is 24.5. The number of amides is 3. The molecule has 1 aliphatic carbocycles. The van der Waals surface area contributed by atoms with E-state index in [0.29, 0.717) is 38.8 Å². The van der Waals surface area contributed by atoms with E-state index < -0.39 is 23.8 Å². The summed E-state index contributed by atoms with van der Waals surface area (Å²) in [4.78, 5) is 58.5. The summed E-state index contributed by atoms with van der Waals surface area (Å²) < 4.78 is 0. The lowest BCUT2D eigenvalue weighted by atomic mass is 9.89. The van der Waals surface area contributed by atoms with Crippen molar-refractivity contribution in [1.82, 2.24) is 10.2 Å². The van der Waals surface area contributed by atoms with Crippen molar-refractivity contribution >= 4 is 35.0 Å². The third kappa shape index (κ3) is 18.4. The minimum atomic E-state index is -0.856. The number of allylic oxidation sites excluding steroid dienone is 1. The Hall–Kier alpha value is -3.69. The minimum absolute atomic E-state index is 0.0481. The highest BCUT2D eigenvalue weighted by Gasteiger charge is 2.28. The molecule has 0 fully saturated rings. The molecule has 0 aliphatic heterocycles. The number of guanidine groups is 1. The summed E-state index contributed by atoms with van der Waals surface area (Å²) >= 11 is 0. The van der Waals surface area contributed by atoms with Crippen molar-refractivity contribution in [2.45, 2.75) is 149 Å². The summed E-state index contributed by atoms with van der Waals surface area (Å²) in [5.41, 5.74) is 19.9. The van der Waals surface area contributed by atoms with E-state index in [4.69, 9.17) is 17.2 Å². The Bertz CT molecular complexity index is 1270. The Balaban J connectivity index is 2.00. The van der Waals surface area contributed by atoms with Crippen molar-refractivity contribution < 1.29 is 19.2 Å². The number of rotatable bonds is 29. The van der Waals surface area contributed by atoms with Crippen LogP contribution in [-0.4, -0.2) is 60.0 Å². The van der Waals surface area contributed by atoms with Gasteiger partial charge in [0.05, 0.1) is 12.6 Å². The molecular formula is C41H68N6O4. The second-order valence-corrected chi connectivity index (χ2v) is 14.8. The zero-order valence-electron chi connectivity index (χ0n) is 31.9. The molecule has 1 aromatic carbocycles. The van der Waals surface area contributed by atoms with Crippen molar-refractivity contribution in [2.24, 2.45) is 34.0 Å². The largest absolute Gasteiger partial charge is 0.370 e. The van der Waals surface area contributed by atoms with Gasteiger partial charge in [-0.1, -0.05) is 128 Å². The van der Waals surface area contributed by atoms with Gasteiger partial charge in [0, 0.05) is 31.8 Å². The van der Waals surface area contributed by atoms with Crippen molar-refractivity contribution in [3.05, 3.63) is 41.5 Å². The van der Waals surface area contributed by atoms with Crippen molar-refractivity contribution in [3.8, 4) is 0 Å². The fourth-order valence-electron chi connectivity index (χ4n) is 6.88. The number of carbonyl (C=O) groups excluding carboxylic acids is 4. The molecule has 10 heteroatoms. The average Bonchev–Trinajstić information content (AvgIpc) is 3.49. The Kier molecular flexibility index (Phi) is 21.6. The van der Waals surface area contributed by atoms with Crippen LogP contribution in [0.4, 0.5) is 0 Å². The summed E-state index contributed by atoms with van der Waals surface area (Å²) in [6.07, 6.45) is 20.4. The number of Topliss-reactive ketones (excluding diaryl/α,β-unsaturated/α-hetero) is 1. The molecule has 10 nitrogen and oxygen atoms in total. The van der Waals surface area contributed by atoms with Crippen LogP contribution in [-0.2, 0) is 25.6 Å². The molecule has 1 aliphatic rings. The summed E-state index contributed by atoms with van der Waals surface area (Å²) in [6.45, 7) is 6.64. The predicted octanol–water partition coefficient (Wildman–Crippen LogP) is 6.58. The maximum absolute atomic E-state index is 13.7. The van der Waals surface area contributed by atoms with Gasteiger partial charge in [0.25, 0.3) is 0 Å².